The van der Waals surface area contributed by atoms with E-state index in [1.807, 2.05) is 11.4 Å². The number of carbonyl (C=O) groups is 1. The van der Waals surface area contributed by atoms with Crippen molar-refractivity contribution >= 4 is 46.7 Å². The van der Waals surface area contributed by atoms with Gasteiger partial charge in [-0.05, 0) is 30.5 Å². The van der Waals surface area contributed by atoms with Crippen molar-refractivity contribution < 1.29 is 49.0 Å². The fraction of sp³-hybridized carbons (Fsp3) is 0.364. The highest BCUT2D eigenvalue weighted by molar-refractivity contribution is 6.44. The molecular formula is C22H15Cl2F9N6O2. The molecule has 1 aliphatic carbocycles. The lowest BCUT2D eigenvalue weighted by molar-refractivity contribution is -0.306. The van der Waals surface area contributed by atoms with Crippen molar-refractivity contribution in [3.05, 3.63) is 45.1 Å². The monoisotopic (exact) mass is 636 g/mol. The molecule has 1 amide bonds. The van der Waals surface area contributed by atoms with Gasteiger partial charge in [0.1, 0.15) is 11.4 Å². The molecule has 1 heterocycles. The number of nitrogens with zero attached hydrogens (tertiary/aromatic N) is 3. The number of ether oxygens (including phenoxy) is 1. The molecule has 1 fully saturated rings. The Kier molecular flexibility index (Phi) is 8.53. The summed E-state index contributed by atoms with van der Waals surface area (Å²) in [4.78, 5) is 12.7. The van der Waals surface area contributed by atoms with E-state index in [0.29, 0.717) is 19.1 Å². The van der Waals surface area contributed by atoms with Crippen molar-refractivity contribution in [3.8, 4) is 11.9 Å². The first-order chi connectivity index (χ1) is 18.8. The quantitative estimate of drug-likeness (QED) is 0.214. The molecule has 19 heteroatoms. The van der Waals surface area contributed by atoms with Gasteiger partial charge in [-0.3, -0.25) is 4.79 Å². The van der Waals surface area contributed by atoms with Crippen LogP contribution >= 0.6 is 23.2 Å². The fourth-order valence-corrected chi connectivity index (χ4v) is 3.73. The summed E-state index contributed by atoms with van der Waals surface area (Å²) >= 11 is 12.2. The molecule has 2 aromatic rings. The molecule has 1 aromatic carbocycles. The Morgan fingerprint density at radius 1 is 1.22 bits per heavy atom. The van der Waals surface area contributed by atoms with Crippen LogP contribution in [0.25, 0.3) is 5.57 Å². The lowest BCUT2D eigenvalue weighted by Crippen LogP contribution is -2.46. The number of hydrogen-bond acceptors (Lipinski definition) is 6. The smallest absolute Gasteiger partial charge is 0.410 e. The molecule has 1 aliphatic rings. The third-order valence-electron chi connectivity index (χ3n) is 5.56. The van der Waals surface area contributed by atoms with Crippen LogP contribution in [-0.2, 0) is 13.2 Å². The minimum absolute atomic E-state index is 0.0574. The first kappa shape index (κ1) is 31.9. The molecule has 222 valence electrons. The summed E-state index contributed by atoms with van der Waals surface area (Å²) in [5, 5.41) is 23.9. The zero-order chi connectivity index (χ0) is 31.1. The molecule has 0 spiro atoms. The molecule has 0 saturated heterocycles. The number of nitrogens with one attached hydrogen (secondary N) is 3. The van der Waals surface area contributed by atoms with E-state index in [1.165, 1.54) is 0 Å². The lowest BCUT2D eigenvalue weighted by Gasteiger charge is -2.22. The Morgan fingerprint density at radius 2 is 1.83 bits per heavy atom. The Hall–Kier alpha value is -3.65. The van der Waals surface area contributed by atoms with Crippen molar-refractivity contribution in [1.29, 1.82) is 10.7 Å². The van der Waals surface area contributed by atoms with Gasteiger partial charge in [-0.1, -0.05) is 23.2 Å². The fourth-order valence-electron chi connectivity index (χ4n) is 3.31. The minimum atomic E-state index is -6.16. The van der Waals surface area contributed by atoms with Crippen molar-refractivity contribution in [2.75, 3.05) is 5.32 Å². The van der Waals surface area contributed by atoms with Gasteiger partial charge in [0.05, 0.1) is 21.7 Å². The van der Waals surface area contributed by atoms with Crippen LogP contribution < -0.4 is 15.4 Å². The second-order valence-electron chi connectivity index (χ2n) is 8.57. The zero-order valence-electron chi connectivity index (χ0n) is 20.1. The van der Waals surface area contributed by atoms with Crippen LogP contribution in [-0.4, -0.2) is 45.9 Å². The molecular weight excluding hydrogens is 622 g/mol. The minimum Gasteiger partial charge on any atom is -0.410 e. The maximum Gasteiger partial charge on any atom is 0.440 e. The molecule has 8 nitrogen and oxygen atoms in total. The number of carbonyl (C=O) groups excluding carboxylic acids is 1. The van der Waals surface area contributed by atoms with Crippen molar-refractivity contribution in [3.63, 3.8) is 0 Å². The van der Waals surface area contributed by atoms with E-state index in [2.05, 4.69) is 15.2 Å². The van der Waals surface area contributed by atoms with Gasteiger partial charge in [-0.25, -0.2) is 9.07 Å². The number of allylic oxidation sites excluding steroid dienone is 1. The number of rotatable bonds is 9. The SMILES string of the molecule is Cn1nc(OC(F)(F)C(F)C(F)(F)F)c(C(F)(F)F)c1N/C=C(\C=N)c1cc(Cl)c(Cl)c(C(=O)NC2(C#N)CC2)c1. The molecule has 41 heavy (non-hydrogen) atoms. The van der Waals surface area contributed by atoms with Crippen molar-refractivity contribution in [2.24, 2.45) is 7.05 Å². The van der Waals surface area contributed by atoms with Gasteiger partial charge >= 0.3 is 18.5 Å². The van der Waals surface area contributed by atoms with E-state index in [-0.39, 0.29) is 31.4 Å². The number of amides is 1. The molecule has 0 radical (unpaired) electrons. The normalized spacial score (nSPS) is 16.0. The van der Waals surface area contributed by atoms with Gasteiger partial charge in [-0.15, -0.1) is 5.10 Å². The molecule has 3 rings (SSSR count). The summed E-state index contributed by atoms with van der Waals surface area (Å²) in [7, 11) is 0.779. The number of hydrogen-bond donors (Lipinski definition) is 3. The van der Waals surface area contributed by atoms with Crippen LogP contribution in [0.5, 0.6) is 5.88 Å². The van der Waals surface area contributed by atoms with Crippen LogP contribution in [0.15, 0.2) is 18.3 Å². The molecule has 1 saturated carbocycles. The largest absolute Gasteiger partial charge is 0.440 e. The predicted molar refractivity (Wildman–Crippen MR) is 127 cm³/mol. The molecule has 1 unspecified atom stereocenters. The number of nitriles is 1. The average Bonchev–Trinajstić information content (AvgIpc) is 3.55. The highest BCUT2D eigenvalue weighted by Crippen LogP contribution is 2.44. The van der Waals surface area contributed by atoms with E-state index in [9.17, 15) is 49.6 Å². The van der Waals surface area contributed by atoms with E-state index in [4.69, 9.17) is 28.6 Å². The molecule has 0 bridgehead atoms. The van der Waals surface area contributed by atoms with Crippen molar-refractivity contribution in [1.82, 2.24) is 15.1 Å². The summed E-state index contributed by atoms with van der Waals surface area (Å²) in [5.74, 6) is -4.02. The second-order valence-corrected chi connectivity index (χ2v) is 9.36. The van der Waals surface area contributed by atoms with Gasteiger partial charge in [0, 0.05) is 25.0 Å². The number of benzene rings is 1. The summed E-state index contributed by atoms with van der Waals surface area (Å²) in [6, 6.07) is 4.17. The summed E-state index contributed by atoms with van der Waals surface area (Å²) in [6.45, 7) is 0. The Bertz CT molecular complexity index is 1440. The highest BCUT2D eigenvalue weighted by Gasteiger charge is 2.60. The van der Waals surface area contributed by atoms with E-state index in [0.717, 1.165) is 25.4 Å². The Labute approximate surface area is 234 Å². The lowest BCUT2D eigenvalue weighted by atomic mass is 10.0. The van der Waals surface area contributed by atoms with Gasteiger partial charge in [0.15, 0.2) is 5.56 Å². The molecule has 1 aromatic heterocycles. The van der Waals surface area contributed by atoms with Crippen LogP contribution in [0.2, 0.25) is 10.0 Å². The number of halogens is 11. The summed E-state index contributed by atoms with van der Waals surface area (Å²) in [6.07, 6.45) is -20.4. The Morgan fingerprint density at radius 3 is 2.32 bits per heavy atom. The molecule has 1 atom stereocenters. The number of anilines is 1. The third kappa shape index (κ3) is 6.81. The van der Waals surface area contributed by atoms with Crippen LogP contribution in [0.4, 0.5) is 45.3 Å². The predicted octanol–water partition coefficient (Wildman–Crippen LogP) is 6.51. The highest BCUT2D eigenvalue weighted by atomic mass is 35.5. The van der Waals surface area contributed by atoms with E-state index < -0.39 is 53.3 Å². The van der Waals surface area contributed by atoms with Gasteiger partial charge in [0.2, 0.25) is 0 Å². The van der Waals surface area contributed by atoms with Crippen molar-refractivity contribution in [2.45, 2.75) is 43.0 Å². The van der Waals surface area contributed by atoms with Crippen LogP contribution in [0.3, 0.4) is 0 Å². The standard InChI is InChI=1S/C22H15Cl2F9N6O2/c1-39-15(13(20(26,27)28)17(38-39)41-22(32,33)18(25)21(29,30)31)36-7-10(6-34)9-4-11(14(24)12(23)5-9)16(40)37-19(8-35)2-3-19/h4-7,18,34,36H,2-3H2,1H3,(H,37,40)/b10-7+,34-6?. The van der Waals surface area contributed by atoms with Gasteiger partial charge < -0.3 is 20.8 Å². The van der Waals surface area contributed by atoms with Gasteiger partial charge in [-0.2, -0.15) is 40.4 Å². The third-order valence-corrected chi connectivity index (χ3v) is 6.36. The zero-order valence-corrected chi connectivity index (χ0v) is 21.6. The first-order valence-corrected chi connectivity index (χ1v) is 11.6. The van der Waals surface area contributed by atoms with Crippen LogP contribution in [0, 0.1) is 16.7 Å². The first-order valence-electron chi connectivity index (χ1n) is 10.9. The van der Waals surface area contributed by atoms with Crippen LogP contribution in [0.1, 0.15) is 34.3 Å². The number of aromatic nitrogens is 2. The van der Waals surface area contributed by atoms with E-state index >= 15 is 0 Å². The van der Waals surface area contributed by atoms with E-state index in [1.54, 1.807) is 0 Å². The molecule has 3 N–H and O–H groups in total. The Balaban J connectivity index is 2.00. The second kappa shape index (κ2) is 11.0. The number of aryl methyl sites for hydroxylation is 1. The average molecular weight is 637 g/mol. The maximum atomic E-state index is 13.8. The summed E-state index contributed by atoms with van der Waals surface area (Å²) < 4.78 is 123. The topological polar surface area (TPSA) is 116 Å². The summed E-state index contributed by atoms with van der Waals surface area (Å²) in [5.41, 5.74) is -3.78. The van der Waals surface area contributed by atoms with Gasteiger partial charge in [0.25, 0.3) is 18.0 Å². The maximum absolute atomic E-state index is 13.8. The number of alkyl halides is 9. The molecule has 0 aliphatic heterocycles.